The second-order valence-corrected chi connectivity index (χ2v) is 7.01. The van der Waals surface area contributed by atoms with Crippen molar-refractivity contribution in [2.75, 3.05) is 5.73 Å². The average Bonchev–Trinajstić information content (AvgIpc) is 3.16. The first-order valence-electron chi connectivity index (χ1n) is 6.37. The molecule has 0 aliphatic heterocycles. The molecule has 0 spiro atoms. The minimum atomic E-state index is -0.463. The predicted octanol–water partition coefficient (Wildman–Crippen LogP) is 2.93. The van der Waals surface area contributed by atoms with Crippen molar-refractivity contribution < 1.29 is 9.34 Å². The molecule has 1 aromatic carbocycles. The van der Waals surface area contributed by atoms with Crippen LogP contribution in [0.15, 0.2) is 33.0 Å². The predicted molar refractivity (Wildman–Crippen MR) is 85.0 cm³/mol. The molecule has 0 radical (unpaired) electrons. The van der Waals surface area contributed by atoms with Crippen molar-refractivity contribution in [3.8, 4) is 11.5 Å². The summed E-state index contributed by atoms with van der Waals surface area (Å²) in [5.41, 5.74) is 6.16. The Morgan fingerprint density at radius 1 is 1.26 bits per heavy atom. The van der Waals surface area contributed by atoms with E-state index in [-0.39, 0.29) is 10.9 Å². The molecule has 0 amide bonds. The molecule has 1 unspecified atom stereocenters. The summed E-state index contributed by atoms with van der Waals surface area (Å²) in [6.45, 7) is 1.90. The highest BCUT2D eigenvalue weighted by molar-refractivity contribution is 8.01. The topological polar surface area (TPSA) is 134 Å². The van der Waals surface area contributed by atoms with Crippen LogP contribution in [0, 0.1) is 10.1 Å². The van der Waals surface area contributed by atoms with Crippen LogP contribution in [0.5, 0.6) is 0 Å². The first-order chi connectivity index (χ1) is 11.0. The molecule has 2 N–H and O–H groups in total. The van der Waals surface area contributed by atoms with E-state index in [4.69, 9.17) is 10.2 Å². The number of non-ortho nitro benzene ring substituents is 1. The molecule has 2 aromatic heterocycles. The fourth-order valence-electron chi connectivity index (χ4n) is 1.71. The summed E-state index contributed by atoms with van der Waals surface area (Å²) in [5.74, 6) is 0.733. The van der Waals surface area contributed by atoms with E-state index in [1.54, 1.807) is 12.1 Å². The van der Waals surface area contributed by atoms with E-state index >= 15 is 0 Å². The summed E-state index contributed by atoms with van der Waals surface area (Å²) >= 11 is 2.69. The van der Waals surface area contributed by atoms with Gasteiger partial charge in [0.25, 0.3) is 5.69 Å². The largest absolute Gasteiger partial charge is 0.419 e. The molecule has 0 saturated heterocycles. The zero-order chi connectivity index (χ0) is 16.4. The third kappa shape index (κ3) is 3.46. The molecule has 11 heteroatoms. The quantitative estimate of drug-likeness (QED) is 0.418. The molecule has 3 rings (SSSR count). The zero-order valence-electron chi connectivity index (χ0n) is 11.7. The molecule has 2 heterocycles. The van der Waals surface area contributed by atoms with Gasteiger partial charge in [0.2, 0.25) is 16.9 Å². The highest BCUT2D eigenvalue weighted by Gasteiger charge is 2.18. The van der Waals surface area contributed by atoms with Gasteiger partial charge in [0.15, 0.2) is 4.34 Å². The Morgan fingerprint density at radius 2 is 2.00 bits per heavy atom. The van der Waals surface area contributed by atoms with Crippen LogP contribution in [-0.2, 0) is 0 Å². The van der Waals surface area contributed by atoms with E-state index in [1.165, 1.54) is 35.2 Å². The number of aromatic nitrogens is 4. The molecule has 0 fully saturated rings. The Hall–Kier alpha value is -2.53. The lowest BCUT2D eigenvalue weighted by Crippen LogP contribution is -1.88. The van der Waals surface area contributed by atoms with Crippen LogP contribution in [0.3, 0.4) is 0 Å². The summed E-state index contributed by atoms with van der Waals surface area (Å²) < 4.78 is 6.34. The number of nitro benzene ring substituents is 1. The maximum atomic E-state index is 10.6. The van der Waals surface area contributed by atoms with E-state index in [0.29, 0.717) is 26.8 Å². The molecule has 23 heavy (non-hydrogen) atoms. The van der Waals surface area contributed by atoms with Gasteiger partial charge in [0.05, 0.1) is 10.2 Å². The van der Waals surface area contributed by atoms with Crippen molar-refractivity contribution in [2.45, 2.75) is 16.5 Å². The smallest absolute Gasteiger partial charge is 0.269 e. The molecule has 0 aliphatic rings. The molecule has 9 nitrogen and oxygen atoms in total. The minimum absolute atomic E-state index is 0.00581. The van der Waals surface area contributed by atoms with Crippen LogP contribution in [0.4, 0.5) is 10.8 Å². The second kappa shape index (κ2) is 6.30. The third-order valence-electron chi connectivity index (χ3n) is 2.81. The summed E-state index contributed by atoms with van der Waals surface area (Å²) in [6, 6.07) is 5.92. The third-order valence-corrected chi connectivity index (χ3v) is 4.74. The van der Waals surface area contributed by atoms with Gasteiger partial charge in [-0.1, -0.05) is 23.1 Å². The number of nitrogens with zero attached hydrogens (tertiary/aromatic N) is 5. The standard InChI is InChI=1S/C12H10N6O3S2/c1-6(22-12-17-16-11(13)23-12)9-14-15-10(21-9)7-2-4-8(5-3-7)18(19)20/h2-6H,1H3,(H2,13,16). The number of thioether (sulfide) groups is 1. The average molecular weight is 350 g/mol. The van der Waals surface area contributed by atoms with Gasteiger partial charge in [-0.2, -0.15) is 0 Å². The summed E-state index contributed by atoms with van der Waals surface area (Å²) in [4.78, 5) is 10.2. The Bertz CT molecular complexity index is 831. The summed E-state index contributed by atoms with van der Waals surface area (Å²) in [6.07, 6.45) is 0. The Balaban J connectivity index is 1.75. The van der Waals surface area contributed by atoms with Crippen LogP contribution in [0.2, 0.25) is 0 Å². The monoisotopic (exact) mass is 350 g/mol. The molecular formula is C12H10N6O3S2. The number of nitrogens with two attached hydrogens (primary N) is 1. The SMILES string of the molecule is CC(Sc1nnc(N)s1)c1nnc(-c2ccc([N+](=O)[O-])cc2)o1. The van der Waals surface area contributed by atoms with Gasteiger partial charge in [-0.15, -0.1) is 20.4 Å². The Labute approximate surface area is 138 Å². The lowest BCUT2D eigenvalue weighted by molar-refractivity contribution is -0.384. The lowest BCUT2D eigenvalue weighted by Gasteiger charge is -2.02. The number of nitro groups is 1. The molecule has 3 aromatic rings. The zero-order valence-corrected chi connectivity index (χ0v) is 13.4. The van der Waals surface area contributed by atoms with Gasteiger partial charge in [0.1, 0.15) is 0 Å². The molecule has 0 bridgehead atoms. The number of hydrogen-bond donors (Lipinski definition) is 1. The Kier molecular flexibility index (Phi) is 4.21. The maximum Gasteiger partial charge on any atom is 0.269 e. The lowest BCUT2D eigenvalue weighted by atomic mass is 10.2. The maximum absolute atomic E-state index is 10.6. The number of benzene rings is 1. The van der Waals surface area contributed by atoms with Gasteiger partial charge in [-0.25, -0.2) is 0 Å². The van der Waals surface area contributed by atoms with Crippen molar-refractivity contribution in [3.63, 3.8) is 0 Å². The first kappa shape index (κ1) is 15.4. The number of nitrogen functional groups attached to an aromatic ring is 1. The van der Waals surface area contributed by atoms with Crippen LogP contribution in [0.25, 0.3) is 11.5 Å². The summed E-state index contributed by atoms with van der Waals surface area (Å²) in [7, 11) is 0. The molecular weight excluding hydrogens is 340 g/mol. The van der Waals surface area contributed by atoms with Crippen molar-refractivity contribution in [1.82, 2.24) is 20.4 Å². The van der Waals surface area contributed by atoms with Crippen molar-refractivity contribution in [2.24, 2.45) is 0 Å². The van der Waals surface area contributed by atoms with Crippen LogP contribution >= 0.6 is 23.1 Å². The van der Waals surface area contributed by atoms with E-state index < -0.39 is 4.92 Å². The Morgan fingerprint density at radius 3 is 2.61 bits per heavy atom. The van der Waals surface area contributed by atoms with Gasteiger partial charge in [-0.05, 0) is 19.1 Å². The molecule has 1 atom stereocenters. The van der Waals surface area contributed by atoms with Crippen molar-refractivity contribution >= 4 is 33.9 Å². The minimum Gasteiger partial charge on any atom is -0.419 e. The van der Waals surface area contributed by atoms with E-state index in [9.17, 15) is 10.1 Å². The van der Waals surface area contributed by atoms with Gasteiger partial charge in [0, 0.05) is 17.7 Å². The molecule has 118 valence electrons. The normalized spacial score (nSPS) is 12.2. The number of hydrogen-bond acceptors (Lipinski definition) is 10. The van der Waals surface area contributed by atoms with Gasteiger partial charge < -0.3 is 10.2 Å². The number of rotatable bonds is 5. The highest BCUT2D eigenvalue weighted by atomic mass is 32.2. The van der Waals surface area contributed by atoms with Crippen molar-refractivity contribution in [3.05, 3.63) is 40.3 Å². The number of anilines is 1. The van der Waals surface area contributed by atoms with Crippen molar-refractivity contribution in [1.29, 1.82) is 0 Å². The second-order valence-electron chi connectivity index (χ2n) is 4.42. The highest BCUT2D eigenvalue weighted by Crippen LogP contribution is 2.37. The molecule has 0 saturated carbocycles. The van der Waals surface area contributed by atoms with Crippen LogP contribution in [0.1, 0.15) is 18.1 Å². The molecule has 0 aliphatic carbocycles. The van der Waals surface area contributed by atoms with E-state index in [0.717, 1.165) is 0 Å². The first-order valence-corrected chi connectivity index (χ1v) is 8.06. The van der Waals surface area contributed by atoms with Gasteiger partial charge >= 0.3 is 0 Å². The van der Waals surface area contributed by atoms with Crippen LogP contribution < -0.4 is 5.73 Å². The van der Waals surface area contributed by atoms with E-state index in [1.807, 2.05) is 6.92 Å². The fraction of sp³-hybridized carbons (Fsp3) is 0.167. The fourth-order valence-corrected chi connectivity index (χ4v) is 3.52. The van der Waals surface area contributed by atoms with E-state index in [2.05, 4.69) is 20.4 Å². The van der Waals surface area contributed by atoms with Gasteiger partial charge in [-0.3, -0.25) is 10.1 Å². The van der Waals surface area contributed by atoms with Crippen LogP contribution in [-0.4, -0.2) is 25.3 Å². The summed E-state index contributed by atoms with van der Waals surface area (Å²) in [5, 5.41) is 26.6.